The Morgan fingerprint density at radius 2 is 1.94 bits per heavy atom. The molecule has 1 rings (SSSR count). The molecule has 1 N–H and O–H groups in total. The Morgan fingerprint density at radius 1 is 1.29 bits per heavy atom. The van der Waals surface area contributed by atoms with Crippen LogP contribution in [0.2, 0.25) is 0 Å². The minimum atomic E-state index is -0.139. The molecule has 0 aliphatic heterocycles. The zero-order valence-corrected chi connectivity index (χ0v) is 11.1. The van der Waals surface area contributed by atoms with Crippen LogP contribution in [-0.4, -0.2) is 41.6 Å². The van der Waals surface area contributed by atoms with Crippen molar-refractivity contribution in [3.8, 4) is 0 Å². The van der Waals surface area contributed by atoms with Crippen LogP contribution >= 0.6 is 0 Å². The molecule has 0 aromatic carbocycles. The molecule has 1 heterocycles. The monoisotopic (exact) mass is 236 g/mol. The summed E-state index contributed by atoms with van der Waals surface area (Å²) in [5.41, 5.74) is 0.538. The van der Waals surface area contributed by atoms with Gasteiger partial charge in [-0.1, -0.05) is 20.8 Å². The van der Waals surface area contributed by atoms with Crippen LogP contribution in [0.1, 0.15) is 31.3 Å². The van der Waals surface area contributed by atoms with Gasteiger partial charge in [0.25, 0.3) is 5.91 Å². The van der Waals surface area contributed by atoms with Crippen LogP contribution in [0.4, 0.5) is 5.82 Å². The van der Waals surface area contributed by atoms with Crippen LogP contribution < -0.4 is 5.32 Å². The summed E-state index contributed by atoms with van der Waals surface area (Å²) < 4.78 is 0. The average Bonchev–Trinajstić information content (AvgIpc) is 2.25. The third-order valence-electron chi connectivity index (χ3n) is 2.09. The second-order valence-corrected chi connectivity index (χ2v) is 5.42. The largest absolute Gasteiger partial charge is 0.368 e. The number of nitrogens with zero attached hydrogens (tertiary/aromatic N) is 3. The van der Waals surface area contributed by atoms with Crippen LogP contribution in [0.5, 0.6) is 0 Å². The molecule has 0 radical (unpaired) electrons. The normalized spacial score (nSPS) is 11.1. The van der Waals surface area contributed by atoms with Crippen LogP contribution in [0.3, 0.4) is 0 Å². The van der Waals surface area contributed by atoms with Gasteiger partial charge in [0, 0.05) is 20.6 Å². The molecule has 0 unspecified atom stereocenters. The quantitative estimate of drug-likeness (QED) is 0.866. The highest BCUT2D eigenvalue weighted by Gasteiger charge is 2.12. The highest BCUT2D eigenvalue weighted by atomic mass is 16.2. The first-order chi connectivity index (χ1) is 7.79. The maximum absolute atomic E-state index is 11.6. The lowest BCUT2D eigenvalue weighted by Gasteiger charge is -2.18. The van der Waals surface area contributed by atoms with Gasteiger partial charge in [0.2, 0.25) is 0 Å². The fraction of sp³-hybridized carbons (Fsp3) is 0.583. The van der Waals surface area contributed by atoms with Crippen molar-refractivity contribution >= 4 is 11.7 Å². The van der Waals surface area contributed by atoms with Crippen molar-refractivity contribution in [1.29, 1.82) is 0 Å². The zero-order chi connectivity index (χ0) is 13.1. The summed E-state index contributed by atoms with van der Waals surface area (Å²) in [6.45, 7) is 7.22. The summed E-state index contributed by atoms with van der Waals surface area (Å²) >= 11 is 0. The first-order valence-electron chi connectivity index (χ1n) is 5.59. The molecular weight excluding hydrogens is 216 g/mol. The molecule has 0 spiro atoms. The second kappa shape index (κ2) is 5.12. The van der Waals surface area contributed by atoms with Gasteiger partial charge in [0.1, 0.15) is 5.82 Å². The molecule has 17 heavy (non-hydrogen) atoms. The van der Waals surface area contributed by atoms with E-state index in [4.69, 9.17) is 0 Å². The van der Waals surface area contributed by atoms with Crippen molar-refractivity contribution in [2.45, 2.75) is 20.8 Å². The number of carbonyl (C=O) groups is 1. The minimum absolute atomic E-state index is 0.139. The van der Waals surface area contributed by atoms with Gasteiger partial charge in [-0.25, -0.2) is 0 Å². The average molecular weight is 236 g/mol. The van der Waals surface area contributed by atoms with Crippen LogP contribution in [0.15, 0.2) is 12.1 Å². The van der Waals surface area contributed by atoms with E-state index in [1.165, 1.54) is 4.90 Å². The SMILES string of the molecule is CN(C)C(=O)c1ccc(NCC(C)(C)C)nn1. The first kappa shape index (κ1) is 13.4. The number of nitrogens with one attached hydrogen (secondary N) is 1. The molecule has 0 fully saturated rings. The summed E-state index contributed by atoms with van der Waals surface area (Å²) in [4.78, 5) is 13.1. The topological polar surface area (TPSA) is 58.1 Å². The maximum atomic E-state index is 11.6. The van der Waals surface area contributed by atoms with Crippen molar-refractivity contribution in [2.75, 3.05) is 26.0 Å². The van der Waals surface area contributed by atoms with Gasteiger partial charge in [0.05, 0.1) is 0 Å². The standard InChI is InChI=1S/C12H20N4O/c1-12(2,3)8-13-10-7-6-9(14-15-10)11(17)16(4)5/h6-7H,8H2,1-5H3,(H,13,15). The van der Waals surface area contributed by atoms with Gasteiger partial charge in [-0.3, -0.25) is 4.79 Å². The van der Waals surface area contributed by atoms with Crippen molar-refractivity contribution in [1.82, 2.24) is 15.1 Å². The highest BCUT2D eigenvalue weighted by Crippen LogP contribution is 2.13. The third kappa shape index (κ3) is 4.38. The summed E-state index contributed by atoms with van der Waals surface area (Å²) in [5.74, 6) is 0.551. The Kier molecular flexibility index (Phi) is 4.04. The lowest BCUT2D eigenvalue weighted by molar-refractivity contribution is 0.0821. The molecule has 0 atom stereocenters. The first-order valence-corrected chi connectivity index (χ1v) is 5.59. The molecule has 0 aliphatic carbocycles. The zero-order valence-electron chi connectivity index (χ0n) is 11.1. The second-order valence-electron chi connectivity index (χ2n) is 5.42. The predicted octanol–water partition coefficient (Wildman–Crippen LogP) is 1.64. The number of carbonyl (C=O) groups excluding carboxylic acids is 1. The number of amides is 1. The lowest BCUT2D eigenvalue weighted by atomic mass is 9.97. The Hall–Kier alpha value is -1.65. The van der Waals surface area contributed by atoms with E-state index in [1.807, 2.05) is 0 Å². The van der Waals surface area contributed by atoms with Gasteiger partial charge >= 0.3 is 0 Å². The van der Waals surface area contributed by atoms with E-state index >= 15 is 0 Å². The number of rotatable bonds is 3. The smallest absolute Gasteiger partial charge is 0.273 e. The molecule has 1 aromatic heterocycles. The van der Waals surface area contributed by atoms with Gasteiger partial charge < -0.3 is 10.2 Å². The van der Waals surface area contributed by atoms with Crippen molar-refractivity contribution in [2.24, 2.45) is 5.41 Å². The molecular formula is C12H20N4O. The summed E-state index contributed by atoms with van der Waals surface area (Å²) in [6, 6.07) is 3.45. The molecule has 94 valence electrons. The third-order valence-corrected chi connectivity index (χ3v) is 2.09. The van der Waals surface area contributed by atoms with E-state index in [-0.39, 0.29) is 11.3 Å². The van der Waals surface area contributed by atoms with E-state index in [9.17, 15) is 4.79 Å². The van der Waals surface area contributed by atoms with E-state index in [1.54, 1.807) is 26.2 Å². The fourth-order valence-corrected chi connectivity index (χ4v) is 1.13. The van der Waals surface area contributed by atoms with Crippen LogP contribution in [-0.2, 0) is 0 Å². The number of aromatic nitrogens is 2. The van der Waals surface area contributed by atoms with Gasteiger partial charge in [0.15, 0.2) is 5.69 Å². The van der Waals surface area contributed by atoms with E-state index in [0.717, 1.165) is 6.54 Å². The van der Waals surface area contributed by atoms with Gasteiger partial charge in [-0.2, -0.15) is 0 Å². The minimum Gasteiger partial charge on any atom is -0.368 e. The maximum Gasteiger partial charge on any atom is 0.273 e. The Morgan fingerprint density at radius 3 is 2.35 bits per heavy atom. The summed E-state index contributed by atoms with van der Waals surface area (Å²) in [7, 11) is 3.38. The molecule has 0 bridgehead atoms. The Balaban J connectivity index is 2.66. The van der Waals surface area contributed by atoms with Crippen molar-refractivity contribution in [3.63, 3.8) is 0 Å². The number of hydrogen-bond acceptors (Lipinski definition) is 4. The Bertz CT molecular complexity index is 378. The summed E-state index contributed by atoms with van der Waals surface area (Å²) in [5, 5.41) is 11.1. The molecule has 5 nitrogen and oxygen atoms in total. The summed E-state index contributed by atoms with van der Waals surface area (Å²) in [6.07, 6.45) is 0. The Labute approximate surface area is 102 Å². The number of anilines is 1. The van der Waals surface area contributed by atoms with Crippen molar-refractivity contribution < 1.29 is 4.79 Å². The molecule has 1 amide bonds. The van der Waals surface area contributed by atoms with Gasteiger partial charge in [-0.15, -0.1) is 10.2 Å². The predicted molar refractivity (Wildman–Crippen MR) is 68.0 cm³/mol. The molecule has 0 aliphatic rings. The van der Waals surface area contributed by atoms with Crippen LogP contribution in [0, 0.1) is 5.41 Å². The van der Waals surface area contributed by atoms with E-state index < -0.39 is 0 Å². The highest BCUT2D eigenvalue weighted by molar-refractivity contribution is 5.91. The van der Waals surface area contributed by atoms with E-state index in [0.29, 0.717) is 11.5 Å². The molecule has 0 saturated heterocycles. The molecule has 1 aromatic rings. The fourth-order valence-electron chi connectivity index (χ4n) is 1.13. The van der Waals surface area contributed by atoms with Gasteiger partial charge in [-0.05, 0) is 17.5 Å². The van der Waals surface area contributed by atoms with Crippen LogP contribution in [0.25, 0.3) is 0 Å². The molecule has 5 heteroatoms. The lowest BCUT2D eigenvalue weighted by Crippen LogP contribution is -2.23. The van der Waals surface area contributed by atoms with E-state index in [2.05, 4.69) is 36.3 Å². The number of hydrogen-bond donors (Lipinski definition) is 1. The van der Waals surface area contributed by atoms with Crippen molar-refractivity contribution in [3.05, 3.63) is 17.8 Å². The molecule has 0 saturated carbocycles.